The molecule has 0 aliphatic carbocycles. The molecular formula is C22H29NS. The number of rotatable bonds is 10. The van der Waals surface area contributed by atoms with Crippen LogP contribution in [0, 0.1) is 0 Å². The van der Waals surface area contributed by atoms with Crippen molar-refractivity contribution in [1.29, 1.82) is 0 Å². The van der Waals surface area contributed by atoms with Gasteiger partial charge in [0.25, 0.3) is 0 Å². The van der Waals surface area contributed by atoms with E-state index in [9.17, 15) is 0 Å². The summed E-state index contributed by atoms with van der Waals surface area (Å²) in [6.45, 7) is 3.19. The van der Waals surface area contributed by atoms with E-state index in [0.29, 0.717) is 0 Å². The molecule has 0 heterocycles. The maximum atomic E-state index is 5.47. The molecule has 2 aromatic carbocycles. The molecule has 1 N–H and O–H groups in total. The number of nitrogens with one attached hydrogen (secondary N) is 1. The van der Waals surface area contributed by atoms with Gasteiger partial charge >= 0.3 is 0 Å². The summed E-state index contributed by atoms with van der Waals surface area (Å²) in [6.07, 6.45) is 8.13. The van der Waals surface area contributed by atoms with E-state index in [-0.39, 0.29) is 0 Å². The number of unbranched alkanes of at least 4 members (excludes halogenated alkanes) is 2. The molecule has 0 aliphatic heterocycles. The average Bonchev–Trinajstić information content (AvgIpc) is 2.61. The summed E-state index contributed by atoms with van der Waals surface area (Å²) in [5, 5.41) is 3.39. The lowest BCUT2D eigenvalue weighted by Gasteiger charge is -2.09. The van der Waals surface area contributed by atoms with E-state index >= 15 is 0 Å². The van der Waals surface area contributed by atoms with Gasteiger partial charge in [-0.05, 0) is 42.4 Å². The zero-order valence-corrected chi connectivity index (χ0v) is 15.6. The zero-order chi connectivity index (χ0) is 17.0. The van der Waals surface area contributed by atoms with Crippen LogP contribution in [0.25, 0.3) is 0 Å². The quantitative estimate of drug-likeness (QED) is 0.452. The standard InChI is InChI=1S/C22H29NS/c1-2-3-5-9-20-13-15-21(16-14-20)18-22(24)23-17-8-12-19-10-6-4-7-11-19/h4,6-7,10-11,13-16H,2-3,5,8-9,12,17-18H2,1H3,(H,23,24). The molecule has 0 saturated carbocycles. The lowest BCUT2D eigenvalue weighted by atomic mass is 10.0. The van der Waals surface area contributed by atoms with E-state index in [2.05, 4.69) is 66.8 Å². The van der Waals surface area contributed by atoms with Gasteiger partial charge in [0, 0.05) is 13.0 Å². The first kappa shape index (κ1) is 18.7. The SMILES string of the molecule is CCCCCc1ccc(CC(=S)NCCCc2ccccc2)cc1. The van der Waals surface area contributed by atoms with Crippen molar-refractivity contribution >= 4 is 17.2 Å². The topological polar surface area (TPSA) is 12.0 Å². The minimum atomic E-state index is 0.843. The lowest BCUT2D eigenvalue weighted by Crippen LogP contribution is -2.24. The molecule has 0 fully saturated rings. The second-order valence-electron chi connectivity index (χ2n) is 6.39. The largest absolute Gasteiger partial charge is 0.379 e. The third kappa shape index (κ3) is 7.27. The highest BCUT2D eigenvalue weighted by molar-refractivity contribution is 7.80. The molecule has 128 valence electrons. The zero-order valence-electron chi connectivity index (χ0n) is 14.8. The van der Waals surface area contributed by atoms with E-state index in [1.807, 2.05) is 0 Å². The molecule has 0 unspecified atom stereocenters. The Morgan fingerprint density at radius 1 is 0.792 bits per heavy atom. The Morgan fingerprint density at radius 3 is 2.12 bits per heavy atom. The predicted octanol–water partition coefficient (Wildman–Crippen LogP) is 5.51. The van der Waals surface area contributed by atoms with Gasteiger partial charge in [0.1, 0.15) is 0 Å². The highest BCUT2D eigenvalue weighted by Gasteiger charge is 2.00. The minimum Gasteiger partial charge on any atom is -0.379 e. The van der Waals surface area contributed by atoms with Gasteiger partial charge < -0.3 is 5.32 Å². The second kappa shape index (κ2) is 11.0. The van der Waals surface area contributed by atoms with Crippen molar-refractivity contribution < 1.29 is 0 Å². The van der Waals surface area contributed by atoms with Crippen molar-refractivity contribution in [3.63, 3.8) is 0 Å². The fourth-order valence-electron chi connectivity index (χ4n) is 2.82. The Hall–Kier alpha value is -1.67. The summed E-state index contributed by atoms with van der Waals surface area (Å²) >= 11 is 5.47. The van der Waals surface area contributed by atoms with Crippen LogP contribution in [0.5, 0.6) is 0 Å². The van der Waals surface area contributed by atoms with Crippen LogP contribution >= 0.6 is 12.2 Å². The first-order chi connectivity index (χ1) is 11.8. The Bertz CT molecular complexity index is 589. The molecule has 0 aromatic heterocycles. The Balaban J connectivity index is 1.64. The predicted molar refractivity (Wildman–Crippen MR) is 109 cm³/mol. The molecule has 0 spiro atoms. The summed E-state index contributed by atoms with van der Waals surface area (Å²) in [7, 11) is 0. The highest BCUT2D eigenvalue weighted by atomic mass is 32.1. The van der Waals surface area contributed by atoms with Gasteiger partial charge in [-0.2, -0.15) is 0 Å². The van der Waals surface area contributed by atoms with E-state index < -0.39 is 0 Å². The van der Waals surface area contributed by atoms with Gasteiger partial charge in [-0.3, -0.25) is 0 Å². The highest BCUT2D eigenvalue weighted by Crippen LogP contribution is 2.10. The molecule has 0 bridgehead atoms. The average molecular weight is 340 g/mol. The van der Waals surface area contributed by atoms with Gasteiger partial charge in [0.05, 0.1) is 4.99 Å². The summed E-state index contributed by atoms with van der Waals surface area (Å²) in [6, 6.07) is 19.6. The molecule has 2 rings (SSSR count). The van der Waals surface area contributed by atoms with E-state index in [0.717, 1.165) is 30.8 Å². The van der Waals surface area contributed by atoms with Crippen LogP contribution in [-0.2, 0) is 19.3 Å². The number of thiocarbonyl (C=S) groups is 1. The van der Waals surface area contributed by atoms with Crippen LogP contribution in [0.4, 0.5) is 0 Å². The van der Waals surface area contributed by atoms with Crippen molar-refractivity contribution in [3.8, 4) is 0 Å². The first-order valence-corrected chi connectivity index (χ1v) is 9.57. The lowest BCUT2D eigenvalue weighted by molar-refractivity contribution is 0.717. The number of benzene rings is 2. The maximum absolute atomic E-state index is 5.47. The van der Waals surface area contributed by atoms with Crippen LogP contribution in [0.3, 0.4) is 0 Å². The van der Waals surface area contributed by atoms with Crippen molar-refractivity contribution in [2.45, 2.75) is 51.9 Å². The smallest absolute Gasteiger partial charge is 0.0797 e. The van der Waals surface area contributed by atoms with Crippen LogP contribution < -0.4 is 5.32 Å². The third-order valence-electron chi connectivity index (χ3n) is 4.26. The van der Waals surface area contributed by atoms with Gasteiger partial charge in [0.15, 0.2) is 0 Å². The molecule has 0 atom stereocenters. The molecular weight excluding hydrogens is 310 g/mol. The fourth-order valence-corrected chi connectivity index (χ4v) is 3.08. The second-order valence-corrected chi connectivity index (χ2v) is 6.88. The Kier molecular flexibility index (Phi) is 8.54. The Labute approximate surface area is 152 Å². The molecule has 0 aliphatic rings. The van der Waals surface area contributed by atoms with Crippen molar-refractivity contribution in [2.75, 3.05) is 6.54 Å². The van der Waals surface area contributed by atoms with E-state index in [1.165, 1.54) is 42.4 Å². The van der Waals surface area contributed by atoms with Crippen LogP contribution in [0.15, 0.2) is 54.6 Å². The molecule has 2 heteroatoms. The molecule has 0 radical (unpaired) electrons. The molecule has 24 heavy (non-hydrogen) atoms. The molecule has 0 amide bonds. The molecule has 0 saturated heterocycles. The fraction of sp³-hybridized carbons (Fsp3) is 0.409. The van der Waals surface area contributed by atoms with Crippen molar-refractivity contribution in [1.82, 2.24) is 5.32 Å². The van der Waals surface area contributed by atoms with E-state index in [1.54, 1.807) is 0 Å². The van der Waals surface area contributed by atoms with Gasteiger partial charge in [0.2, 0.25) is 0 Å². The van der Waals surface area contributed by atoms with Crippen LogP contribution in [-0.4, -0.2) is 11.5 Å². The maximum Gasteiger partial charge on any atom is 0.0797 e. The summed E-state index contributed by atoms with van der Waals surface area (Å²) in [5.41, 5.74) is 4.13. The summed E-state index contributed by atoms with van der Waals surface area (Å²) in [5.74, 6) is 0. The normalized spacial score (nSPS) is 10.5. The van der Waals surface area contributed by atoms with Gasteiger partial charge in [-0.15, -0.1) is 0 Å². The van der Waals surface area contributed by atoms with Gasteiger partial charge in [-0.25, -0.2) is 0 Å². The third-order valence-corrected chi connectivity index (χ3v) is 4.55. The van der Waals surface area contributed by atoms with E-state index in [4.69, 9.17) is 12.2 Å². The minimum absolute atomic E-state index is 0.843. The van der Waals surface area contributed by atoms with Gasteiger partial charge in [-0.1, -0.05) is 86.6 Å². The van der Waals surface area contributed by atoms with Crippen LogP contribution in [0.1, 0.15) is 49.3 Å². The first-order valence-electron chi connectivity index (χ1n) is 9.16. The van der Waals surface area contributed by atoms with Crippen molar-refractivity contribution in [2.24, 2.45) is 0 Å². The summed E-state index contributed by atoms with van der Waals surface area (Å²) in [4.78, 5) is 0.946. The number of hydrogen-bond acceptors (Lipinski definition) is 1. The van der Waals surface area contributed by atoms with Crippen LogP contribution in [0.2, 0.25) is 0 Å². The summed E-state index contributed by atoms with van der Waals surface area (Å²) < 4.78 is 0. The Morgan fingerprint density at radius 2 is 1.42 bits per heavy atom. The number of hydrogen-bond donors (Lipinski definition) is 1. The number of aryl methyl sites for hydroxylation is 2. The van der Waals surface area contributed by atoms with Crippen molar-refractivity contribution in [3.05, 3.63) is 71.3 Å². The molecule has 2 aromatic rings. The monoisotopic (exact) mass is 339 g/mol. The molecule has 1 nitrogen and oxygen atoms in total.